The first kappa shape index (κ1) is 13.3. The van der Waals surface area contributed by atoms with Crippen LogP contribution in [0.15, 0.2) is 0 Å². The minimum Gasteiger partial charge on any atom is -0.389 e. The van der Waals surface area contributed by atoms with Gasteiger partial charge < -0.3 is 15.3 Å². The van der Waals surface area contributed by atoms with E-state index in [1.165, 1.54) is 25.7 Å². The lowest BCUT2D eigenvalue weighted by Gasteiger charge is -2.38. The summed E-state index contributed by atoms with van der Waals surface area (Å²) < 4.78 is 0. The summed E-state index contributed by atoms with van der Waals surface area (Å²) in [6.45, 7) is 4.90. The largest absolute Gasteiger partial charge is 0.389 e. The Morgan fingerprint density at radius 3 is 2.18 bits per heavy atom. The van der Waals surface area contributed by atoms with E-state index in [4.69, 9.17) is 0 Å². The molecule has 0 amide bonds. The zero-order chi connectivity index (χ0) is 12.5. The first-order valence-electron chi connectivity index (χ1n) is 7.25. The molecule has 2 N–H and O–H groups in total. The van der Waals surface area contributed by atoms with E-state index >= 15 is 0 Å². The maximum absolute atomic E-state index is 10.3. The number of hydrogen-bond donors (Lipinski definition) is 2. The minimum absolute atomic E-state index is 0.498. The van der Waals surface area contributed by atoms with Crippen molar-refractivity contribution in [2.75, 3.05) is 13.6 Å². The van der Waals surface area contributed by atoms with E-state index in [0.29, 0.717) is 6.04 Å². The lowest BCUT2D eigenvalue weighted by molar-refractivity contribution is 0.0252. The maximum atomic E-state index is 10.3. The van der Waals surface area contributed by atoms with Crippen molar-refractivity contribution < 1.29 is 5.11 Å². The van der Waals surface area contributed by atoms with Gasteiger partial charge in [-0.05, 0) is 45.6 Å². The van der Waals surface area contributed by atoms with E-state index in [9.17, 15) is 5.11 Å². The van der Waals surface area contributed by atoms with E-state index in [1.54, 1.807) is 0 Å². The quantitative estimate of drug-likeness (QED) is 0.768. The predicted molar refractivity (Wildman–Crippen MR) is 71.1 cm³/mol. The Bertz CT molecular complexity index is 239. The van der Waals surface area contributed by atoms with Crippen LogP contribution in [0.25, 0.3) is 0 Å². The third-order valence-electron chi connectivity index (χ3n) is 5.13. The van der Waals surface area contributed by atoms with E-state index in [-0.39, 0.29) is 0 Å². The molecule has 0 saturated carbocycles. The van der Waals surface area contributed by atoms with Crippen LogP contribution in [0.4, 0.5) is 0 Å². The van der Waals surface area contributed by atoms with Gasteiger partial charge in [0.2, 0.25) is 0 Å². The molecule has 2 saturated heterocycles. The Morgan fingerprint density at radius 2 is 1.71 bits per heavy atom. The highest BCUT2D eigenvalue weighted by Gasteiger charge is 2.38. The second kappa shape index (κ2) is 5.25. The molecule has 2 bridgehead atoms. The van der Waals surface area contributed by atoms with Gasteiger partial charge in [0.1, 0.15) is 0 Å². The van der Waals surface area contributed by atoms with E-state index in [0.717, 1.165) is 31.5 Å². The molecule has 2 aliphatic heterocycles. The van der Waals surface area contributed by atoms with Crippen LogP contribution in [0.2, 0.25) is 0 Å². The Morgan fingerprint density at radius 1 is 1.18 bits per heavy atom. The van der Waals surface area contributed by atoms with Crippen LogP contribution in [0, 0.1) is 0 Å². The van der Waals surface area contributed by atoms with Crippen LogP contribution in [0.1, 0.15) is 52.4 Å². The minimum atomic E-state index is -0.498. The smallest absolute Gasteiger partial charge is 0.0766 e. The zero-order valence-electron chi connectivity index (χ0n) is 11.6. The van der Waals surface area contributed by atoms with E-state index < -0.39 is 5.60 Å². The summed E-state index contributed by atoms with van der Waals surface area (Å²) >= 11 is 0. The van der Waals surface area contributed by atoms with E-state index in [1.807, 2.05) is 0 Å². The fourth-order valence-electron chi connectivity index (χ4n) is 3.41. The summed E-state index contributed by atoms with van der Waals surface area (Å²) in [5, 5.41) is 13.9. The monoisotopic (exact) mass is 240 g/mol. The zero-order valence-corrected chi connectivity index (χ0v) is 11.6. The number of rotatable bonds is 5. The SMILES string of the molecule is CCC(O)(CC)CNC1CC2CCC(C1)N2C. The highest BCUT2D eigenvalue weighted by atomic mass is 16.3. The fourth-order valence-corrected chi connectivity index (χ4v) is 3.41. The standard InChI is InChI=1S/C14H28N2O/c1-4-14(17,5-2)10-15-11-8-12-6-7-13(9-11)16(12)3/h11-13,15,17H,4-10H2,1-3H3. The predicted octanol–water partition coefficient (Wildman–Crippen LogP) is 1.75. The number of fused-ring (bicyclic) bond motifs is 2. The average Bonchev–Trinajstić information content (AvgIpc) is 2.58. The van der Waals surface area contributed by atoms with Crippen molar-refractivity contribution in [3.05, 3.63) is 0 Å². The molecule has 0 spiro atoms. The molecule has 2 fully saturated rings. The molecule has 2 aliphatic rings. The molecule has 0 aromatic carbocycles. The summed E-state index contributed by atoms with van der Waals surface area (Å²) in [6, 6.07) is 2.18. The Balaban J connectivity index is 1.82. The molecule has 3 heteroatoms. The van der Waals surface area contributed by atoms with Gasteiger partial charge in [0.05, 0.1) is 5.60 Å². The number of nitrogens with one attached hydrogen (secondary N) is 1. The summed E-state index contributed by atoms with van der Waals surface area (Å²) in [6.07, 6.45) is 6.94. The number of aliphatic hydroxyl groups is 1. The fraction of sp³-hybridized carbons (Fsp3) is 1.00. The molecule has 0 radical (unpaired) electrons. The van der Waals surface area contributed by atoms with Gasteiger partial charge in [-0.1, -0.05) is 13.8 Å². The summed E-state index contributed by atoms with van der Waals surface area (Å²) in [4.78, 5) is 2.56. The van der Waals surface area contributed by atoms with Crippen molar-refractivity contribution >= 4 is 0 Å². The summed E-state index contributed by atoms with van der Waals surface area (Å²) in [5.74, 6) is 0. The van der Waals surface area contributed by atoms with Crippen molar-refractivity contribution in [3.8, 4) is 0 Å². The topological polar surface area (TPSA) is 35.5 Å². The third-order valence-corrected chi connectivity index (χ3v) is 5.13. The Hall–Kier alpha value is -0.120. The molecule has 0 aliphatic carbocycles. The molecule has 17 heavy (non-hydrogen) atoms. The maximum Gasteiger partial charge on any atom is 0.0766 e. The second-order valence-corrected chi connectivity index (χ2v) is 6.03. The molecule has 3 nitrogen and oxygen atoms in total. The van der Waals surface area contributed by atoms with Crippen molar-refractivity contribution in [1.82, 2.24) is 10.2 Å². The second-order valence-electron chi connectivity index (χ2n) is 6.03. The highest BCUT2D eigenvalue weighted by Crippen LogP contribution is 2.34. The van der Waals surface area contributed by atoms with Crippen molar-refractivity contribution in [3.63, 3.8) is 0 Å². The van der Waals surface area contributed by atoms with Gasteiger partial charge in [0, 0.05) is 24.7 Å². The molecule has 2 atom stereocenters. The average molecular weight is 240 g/mol. The van der Waals surface area contributed by atoms with Crippen LogP contribution in [0.5, 0.6) is 0 Å². The number of nitrogens with zero attached hydrogens (tertiary/aromatic N) is 1. The van der Waals surface area contributed by atoms with Gasteiger partial charge in [0.25, 0.3) is 0 Å². The molecule has 2 rings (SSSR count). The molecule has 0 aromatic heterocycles. The van der Waals surface area contributed by atoms with Gasteiger partial charge >= 0.3 is 0 Å². The molecule has 2 heterocycles. The Labute approximate surface area is 106 Å². The van der Waals surface area contributed by atoms with Crippen LogP contribution in [-0.2, 0) is 0 Å². The normalized spacial score (nSPS) is 34.2. The van der Waals surface area contributed by atoms with Crippen molar-refractivity contribution in [1.29, 1.82) is 0 Å². The van der Waals surface area contributed by atoms with Gasteiger partial charge in [-0.2, -0.15) is 0 Å². The van der Waals surface area contributed by atoms with Gasteiger partial charge in [0.15, 0.2) is 0 Å². The first-order valence-corrected chi connectivity index (χ1v) is 7.25. The van der Waals surface area contributed by atoms with E-state index in [2.05, 4.69) is 31.1 Å². The number of hydrogen-bond acceptors (Lipinski definition) is 3. The lowest BCUT2D eigenvalue weighted by Crippen LogP contribution is -2.51. The molecule has 100 valence electrons. The summed E-state index contributed by atoms with van der Waals surface area (Å²) in [7, 11) is 2.27. The molecule has 2 unspecified atom stereocenters. The lowest BCUT2D eigenvalue weighted by atomic mass is 9.94. The van der Waals surface area contributed by atoms with Crippen LogP contribution in [0.3, 0.4) is 0 Å². The highest BCUT2D eigenvalue weighted by molar-refractivity contribution is 4.96. The number of piperidine rings is 1. The van der Waals surface area contributed by atoms with Crippen LogP contribution < -0.4 is 5.32 Å². The third kappa shape index (κ3) is 2.83. The molecular formula is C14H28N2O. The van der Waals surface area contributed by atoms with Gasteiger partial charge in [-0.3, -0.25) is 0 Å². The molecule has 0 aromatic rings. The molecular weight excluding hydrogens is 212 g/mol. The van der Waals surface area contributed by atoms with Crippen LogP contribution in [-0.4, -0.2) is 47.3 Å². The first-order chi connectivity index (χ1) is 8.08. The van der Waals surface area contributed by atoms with Gasteiger partial charge in [-0.15, -0.1) is 0 Å². The van der Waals surface area contributed by atoms with Crippen LogP contribution >= 0.6 is 0 Å². The summed E-state index contributed by atoms with van der Waals surface area (Å²) in [5.41, 5.74) is -0.498. The van der Waals surface area contributed by atoms with Crippen molar-refractivity contribution in [2.45, 2.75) is 76.1 Å². The Kier molecular flexibility index (Phi) is 4.11. The van der Waals surface area contributed by atoms with Crippen molar-refractivity contribution in [2.24, 2.45) is 0 Å². The van der Waals surface area contributed by atoms with Gasteiger partial charge in [-0.25, -0.2) is 0 Å².